The summed E-state index contributed by atoms with van der Waals surface area (Å²) in [7, 11) is 0. The molecule has 0 bridgehead atoms. The van der Waals surface area contributed by atoms with Gasteiger partial charge in [-0.2, -0.15) is 0 Å². The second-order valence-electron chi connectivity index (χ2n) is 3.05. The summed E-state index contributed by atoms with van der Waals surface area (Å²) in [5.74, 6) is 0. The molecule has 0 saturated carbocycles. The van der Waals surface area contributed by atoms with E-state index in [-0.39, 0.29) is 12.2 Å². The Kier molecular flexibility index (Phi) is 3.83. The van der Waals surface area contributed by atoms with Crippen molar-refractivity contribution in [2.45, 2.75) is 37.9 Å². The van der Waals surface area contributed by atoms with E-state index < -0.39 is 0 Å². The summed E-state index contributed by atoms with van der Waals surface area (Å²) in [6.45, 7) is 1.34. The van der Waals surface area contributed by atoms with Gasteiger partial charge in [-0.25, -0.2) is 0 Å². The van der Waals surface area contributed by atoms with Gasteiger partial charge in [0.2, 0.25) is 0 Å². The third-order valence-corrected chi connectivity index (χ3v) is 2.11. The highest BCUT2D eigenvalue weighted by atomic mass is 16.5. The van der Waals surface area contributed by atoms with E-state index >= 15 is 0 Å². The van der Waals surface area contributed by atoms with Crippen molar-refractivity contribution in [1.82, 2.24) is 0 Å². The summed E-state index contributed by atoms with van der Waals surface area (Å²) in [5.41, 5.74) is 5.32. The number of aliphatic hydroxyl groups is 1. The van der Waals surface area contributed by atoms with Crippen molar-refractivity contribution in [1.29, 1.82) is 0 Å². The van der Waals surface area contributed by atoms with Gasteiger partial charge in [0.05, 0.1) is 12.2 Å². The Bertz CT molecular complexity index is 102. The molecule has 0 spiro atoms. The van der Waals surface area contributed by atoms with Gasteiger partial charge in [0.15, 0.2) is 0 Å². The zero-order valence-corrected chi connectivity index (χ0v) is 6.83. The topological polar surface area (TPSA) is 55.5 Å². The number of aliphatic hydroxyl groups excluding tert-OH is 1. The standard InChI is InChI=1S/C8H17NO2/c9-5-4-7(10)8-3-1-2-6-11-8/h7-8,10H,1-6,9H2. The summed E-state index contributed by atoms with van der Waals surface area (Å²) < 4.78 is 5.39. The fourth-order valence-electron chi connectivity index (χ4n) is 1.43. The van der Waals surface area contributed by atoms with Crippen molar-refractivity contribution < 1.29 is 9.84 Å². The summed E-state index contributed by atoms with van der Waals surface area (Å²) in [5, 5.41) is 9.47. The Morgan fingerprint density at radius 1 is 1.55 bits per heavy atom. The molecule has 0 aromatic heterocycles. The van der Waals surface area contributed by atoms with Crippen LogP contribution in [0.3, 0.4) is 0 Å². The molecule has 1 heterocycles. The average Bonchev–Trinajstić information content (AvgIpc) is 2.07. The Hall–Kier alpha value is -0.120. The zero-order valence-electron chi connectivity index (χ0n) is 6.83. The highest BCUT2D eigenvalue weighted by Gasteiger charge is 2.21. The first-order valence-corrected chi connectivity index (χ1v) is 4.34. The first-order valence-electron chi connectivity index (χ1n) is 4.34. The van der Waals surface area contributed by atoms with Crippen molar-refractivity contribution in [3.8, 4) is 0 Å². The second kappa shape index (κ2) is 4.70. The third kappa shape index (κ3) is 2.77. The smallest absolute Gasteiger partial charge is 0.0834 e. The number of ether oxygens (including phenoxy) is 1. The largest absolute Gasteiger partial charge is 0.390 e. The Morgan fingerprint density at radius 3 is 2.91 bits per heavy atom. The zero-order chi connectivity index (χ0) is 8.10. The van der Waals surface area contributed by atoms with Gasteiger partial charge < -0.3 is 15.6 Å². The molecule has 0 amide bonds. The minimum atomic E-state index is -0.347. The summed E-state index contributed by atoms with van der Waals surface area (Å²) in [4.78, 5) is 0. The molecule has 1 aliphatic heterocycles. The minimum absolute atomic E-state index is 0.0484. The molecule has 3 heteroatoms. The Labute approximate surface area is 67.5 Å². The van der Waals surface area contributed by atoms with E-state index in [4.69, 9.17) is 10.5 Å². The Balaban J connectivity index is 2.21. The maximum Gasteiger partial charge on any atom is 0.0834 e. The van der Waals surface area contributed by atoms with Crippen molar-refractivity contribution in [3.63, 3.8) is 0 Å². The van der Waals surface area contributed by atoms with E-state index in [2.05, 4.69) is 0 Å². The molecule has 0 aromatic carbocycles. The van der Waals surface area contributed by atoms with Crippen LogP contribution in [0.2, 0.25) is 0 Å². The summed E-state index contributed by atoms with van der Waals surface area (Å²) in [6.07, 6.45) is 3.65. The van der Waals surface area contributed by atoms with Gasteiger partial charge in [0.1, 0.15) is 0 Å². The first kappa shape index (κ1) is 8.97. The van der Waals surface area contributed by atoms with Crippen LogP contribution in [0.1, 0.15) is 25.7 Å². The van der Waals surface area contributed by atoms with E-state index in [1.165, 1.54) is 6.42 Å². The third-order valence-electron chi connectivity index (χ3n) is 2.11. The first-order chi connectivity index (χ1) is 5.34. The maximum atomic E-state index is 9.47. The van der Waals surface area contributed by atoms with Crippen LogP contribution in [-0.2, 0) is 4.74 Å². The van der Waals surface area contributed by atoms with Crippen LogP contribution in [0, 0.1) is 0 Å². The van der Waals surface area contributed by atoms with E-state index in [9.17, 15) is 5.11 Å². The van der Waals surface area contributed by atoms with Gasteiger partial charge >= 0.3 is 0 Å². The monoisotopic (exact) mass is 159 g/mol. The lowest BCUT2D eigenvalue weighted by molar-refractivity contribution is -0.0632. The molecule has 0 radical (unpaired) electrons. The average molecular weight is 159 g/mol. The normalized spacial score (nSPS) is 28.4. The second-order valence-corrected chi connectivity index (χ2v) is 3.05. The quantitative estimate of drug-likeness (QED) is 0.621. The van der Waals surface area contributed by atoms with Crippen LogP contribution in [0.4, 0.5) is 0 Å². The van der Waals surface area contributed by atoms with Gasteiger partial charge in [-0.3, -0.25) is 0 Å². The van der Waals surface area contributed by atoms with Crippen molar-refractivity contribution in [2.24, 2.45) is 5.73 Å². The summed E-state index contributed by atoms with van der Waals surface area (Å²) >= 11 is 0. The fourth-order valence-corrected chi connectivity index (χ4v) is 1.43. The number of nitrogens with two attached hydrogens (primary N) is 1. The molecule has 66 valence electrons. The fraction of sp³-hybridized carbons (Fsp3) is 1.00. The summed E-state index contributed by atoms with van der Waals surface area (Å²) in [6, 6.07) is 0. The molecule has 1 aliphatic rings. The van der Waals surface area contributed by atoms with Crippen molar-refractivity contribution in [3.05, 3.63) is 0 Å². The number of hydrogen-bond acceptors (Lipinski definition) is 3. The van der Waals surface area contributed by atoms with Crippen LogP contribution in [0.5, 0.6) is 0 Å². The molecule has 3 nitrogen and oxygen atoms in total. The van der Waals surface area contributed by atoms with Gasteiger partial charge in [-0.05, 0) is 32.2 Å². The van der Waals surface area contributed by atoms with Crippen LogP contribution in [-0.4, -0.2) is 30.5 Å². The molecule has 1 saturated heterocycles. The van der Waals surface area contributed by atoms with Gasteiger partial charge in [-0.15, -0.1) is 0 Å². The molecule has 2 atom stereocenters. The van der Waals surface area contributed by atoms with E-state index in [1.54, 1.807) is 0 Å². The van der Waals surface area contributed by atoms with Gasteiger partial charge in [-0.1, -0.05) is 0 Å². The molecule has 1 fully saturated rings. The number of hydrogen-bond donors (Lipinski definition) is 2. The number of rotatable bonds is 3. The van der Waals surface area contributed by atoms with Gasteiger partial charge in [0, 0.05) is 6.61 Å². The SMILES string of the molecule is NCCC(O)C1CCCCO1. The minimum Gasteiger partial charge on any atom is -0.390 e. The lowest BCUT2D eigenvalue weighted by Crippen LogP contribution is -2.33. The van der Waals surface area contributed by atoms with Crippen molar-refractivity contribution >= 4 is 0 Å². The highest BCUT2D eigenvalue weighted by molar-refractivity contribution is 4.72. The van der Waals surface area contributed by atoms with Crippen LogP contribution < -0.4 is 5.73 Å². The Morgan fingerprint density at radius 2 is 2.36 bits per heavy atom. The molecule has 3 N–H and O–H groups in total. The molecule has 0 aromatic rings. The maximum absolute atomic E-state index is 9.47. The predicted octanol–water partition coefficient (Wildman–Crippen LogP) is 0.265. The molecule has 0 aliphatic carbocycles. The van der Waals surface area contributed by atoms with E-state index in [0.717, 1.165) is 19.4 Å². The van der Waals surface area contributed by atoms with Crippen LogP contribution in [0.15, 0.2) is 0 Å². The van der Waals surface area contributed by atoms with Crippen molar-refractivity contribution in [2.75, 3.05) is 13.2 Å². The highest BCUT2D eigenvalue weighted by Crippen LogP contribution is 2.16. The lowest BCUT2D eigenvalue weighted by Gasteiger charge is -2.26. The lowest BCUT2D eigenvalue weighted by atomic mass is 10.0. The molecule has 11 heavy (non-hydrogen) atoms. The van der Waals surface area contributed by atoms with Gasteiger partial charge in [0.25, 0.3) is 0 Å². The molecular weight excluding hydrogens is 142 g/mol. The van der Waals surface area contributed by atoms with E-state index in [0.29, 0.717) is 13.0 Å². The molecule has 2 unspecified atom stereocenters. The van der Waals surface area contributed by atoms with Crippen LogP contribution in [0.25, 0.3) is 0 Å². The van der Waals surface area contributed by atoms with E-state index in [1.807, 2.05) is 0 Å². The predicted molar refractivity (Wildman–Crippen MR) is 43.3 cm³/mol. The molecular formula is C8H17NO2. The van der Waals surface area contributed by atoms with Crippen LogP contribution >= 0.6 is 0 Å². The molecule has 1 rings (SSSR count).